The molecule has 0 bridgehead atoms. The third-order valence-corrected chi connectivity index (χ3v) is 3.57. The second kappa shape index (κ2) is 7.38. The van der Waals surface area contributed by atoms with Gasteiger partial charge in [0, 0.05) is 5.02 Å². The molecule has 0 atom stereocenters. The largest absolute Gasteiger partial charge is 0.496 e. The van der Waals surface area contributed by atoms with Crippen LogP contribution in [0.1, 0.15) is 15.9 Å². The van der Waals surface area contributed by atoms with Gasteiger partial charge in [-0.2, -0.15) is 5.10 Å². The van der Waals surface area contributed by atoms with E-state index >= 15 is 0 Å². The van der Waals surface area contributed by atoms with Gasteiger partial charge in [-0.25, -0.2) is 9.82 Å². The van der Waals surface area contributed by atoms with Crippen LogP contribution in [0, 0.1) is 5.82 Å². The van der Waals surface area contributed by atoms with Gasteiger partial charge in [-0.05, 0) is 51.8 Å². The van der Waals surface area contributed by atoms with Gasteiger partial charge in [0.2, 0.25) is 0 Å². The van der Waals surface area contributed by atoms with Crippen LogP contribution in [-0.4, -0.2) is 19.2 Å². The molecule has 0 aliphatic carbocycles. The summed E-state index contributed by atoms with van der Waals surface area (Å²) in [6.07, 6.45) is 1.40. The van der Waals surface area contributed by atoms with Crippen LogP contribution < -0.4 is 10.2 Å². The van der Waals surface area contributed by atoms with E-state index in [-0.39, 0.29) is 11.4 Å². The molecule has 0 aliphatic rings. The van der Waals surface area contributed by atoms with E-state index in [1.54, 1.807) is 18.2 Å². The molecule has 0 fully saturated rings. The Balaban J connectivity index is 2.11. The van der Waals surface area contributed by atoms with Crippen LogP contribution in [0.5, 0.6) is 5.75 Å². The smallest absolute Gasteiger partial charge is 0.275 e. The van der Waals surface area contributed by atoms with E-state index in [1.165, 1.54) is 31.5 Å². The number of ether oxygens (including phenoxy) is 1. The molecule has 2 aromatic rings. The van der Waals surface area contributed by atoms with Crippen molar-refractivity contribution in [1.29, 1.82) is 0 Å². The highest BCUT2D eigenvalue weighted by molar-refractivity contribution is 9.10. The van der Waals surface area contributed by atoms with E-state index in [1.807, 2.05) is 0 Å². The van der Waals surface area contributed by atoms with Crippen molar-refractivity contribution in [3.63, 3.8) is 0 Å². The molecule has 0 unspecified atom stereocenters. The first-order chi connectivity index (χ1) is 10.5. The molecule has 1 amide bonds. The van der Waals surface area contributed by atoms with Gasteiger partial charge < -0.3 is 4.74 Å². The quantitative estimate of drug-likeness (QED) is 0.638. The Morgan fingerprint density at radius 1 is 1.36 bits per heavy atom. The molecular weight excluding hydrogens is 375 g/mol. The lowest BCUT2D eigenvalue weighted by Crippen LogP contribution is -2.18. The zero-order valence-electron chi connectivity index (χ0n) is 11.4. The summed E-state index contributed by atoms with van der Waals surface area (Å²) in [7, 11) is 1.46. The highest BCUT2D eigenvalue weighted by atomic mass is 79.9. The first-order valence-electron chi connectivity index (χ1n) is 6.13. The highest BCUT2D eigenvalue weighted by Gasteiger charge is 2.12. The van der Waals surface area contributed by atoms with Crippen molar-refractivity contribution in [3.8, 4) is 5.75 Å². The number of benzene rings is 2. The molecule has 2 aromatic carbocycles. The van der Waals surface area contributed by atoms with Crippen molar-refractivity contribution in [2.24, 2.45) is 5.10 Å². The highest BCUT2D eigenvalue weighted by Crippen LogP contribution is 2.22. The zero-order valence-corrected chi connectivity index (χ0v) is 13.8. The Labute approximate surface area is 140 Å². The minimum absolute atomic E-state index is 0.271. The lowest BCUT2D eigenvalue weighted by atomic mass is 10.2. The lowest BCUT2D eigenvalue weighted by Gasteiger charge is -2.07. The molecule has 7 heteroatoms. The molecule has 2 rings (SSSR count). The molecule has 0 aliphatic heterocycles. The number of nitrogens with one attached hydrogen (secondary N) is 1. The Kier molecular flexibility index (Phi) is 5.51. The predicted molar refractivity (Wildman–Crippen MR) is 87.2 cm³/mol. The molecule has 114 valence electrons. The maximum atomic E-state index is 13.1. The SMILES string of the molecule is COc1ccc(Cl)cc1C(=O)N/N=C/c1ccc(F)c(Br)c1. The van der Waals surface area contributed by atoms with Crippen molar-refractivity contribution in [1.82, 2.24) is 5.43 Å². The fourth-order valence-electron chi connectivity index (χ4n) is 1.68. The summed E-state index contributed by atoms with van der Waals surface area (Å²) in [5.41, 5.74) is 3.27. The van der Waals surface area contributed by atoms with E-state index in [4.69, 9.17) is 16.3 Å². The van der Waals surface area contributed by atoms with Gasteiger partial charge in [0.05, 0.1) is 23.4 Å². The van der Waals surface area contributed by atoms with Crippen LogP contribution in [0.4, 0.5) is 4.39 Å². The van der Waals surface area contributed by atoms with Crippen molar-refractivity contribution in [3.05, 3.63) is 62.8 Å². The molecule has 0 heterocycles. The van der Waals surface area contributed by atoms with Gasteiger partial charge in [-0.3, -0.25) is 4.79 Å². The summed E-state index contributed by atoms with van der Waals surface area (Å²) in [4.78, 5) is 12.1. The van der Waals surface area contributed by atoms with E-state index in [0.717, 1.165) is 0 Å². The standard InChI is InChI=1S/C15H11BrClFN2O2/c1-22-14-5-3-10(17)7-11(14)15(21)20-19-8-9-2-4-13(18)12(16)6-9/h2-8H,1H3,(H,20,21)/b19-8+. The van der Waals surface area contributed by atoms with Gasteiger partial charge in [-0.1, -0.05) is 17.7 Å². The average molecular weight is 386 g/mol. The molecule has 0 aromatic heterocycles. The van der Waals surface area contributed by atoms with Crippen LogP contribution in [0.25, 0.3) is 0 Å². The van der Waals surface area contributed by atoms with Crippen molar-refractivity contribution in [2.45, 2.75) is 0 Å². The van der Waals surface area contributed by atoms with E-state index in [2.05, 4.69) is 26.5 Å². The molecule has 0 spiro atoms. The van der Waals surface area contributed by atoms with Crippen LogP contribution in [0.3, 0.4) is 0 Å². The number of carbonyl (C=O) groups is 1. The van der Waals surface area contributed by atoms with Gasteiger partial charge in [0.15, 0.2) is 0 Å². The first-order valence-corrected chi connectivity index (χ1v) is 7.30. The predicted octanol–water partition coefficient (Wildman–Crippen LogP) is 4.01. The van der Waals surface area contributed by atoms with Crippen molar-refractivity contribution in [2.75, 3.05) is 7.11 Å². The molecule has 4 nitrogen and oxygen atoms in total. The fourth-order valence-corrected chi connectivity index (χ4v) is 2.24. The van der Waals surface area contributed by atoms with Crippen LogP contribution in [-0.2, 0) is 0 Å². The third-order valence-electron chi connectivity index (χ3n) is 2.73. The number of methoxy groups -OCH3 is 1. The van der Waals surface area contributed by atoms with Gasteiger partial charge in [0.25, 0.3) is 5.91 Å². The Hall–Kier alpha value is -1.92. The van der Waals surface area contributed by atoms with E-state index < -0.39 is 5.91 Å². The fraction of sp³-hybridized carbons (Fsp3) is 0.0667. The lowest BCUT2D eigenvalue weighted by molar-refractivity contribution is 0.0952. The van der Waals surface area contributed by atoms with Gasteiger partial charge >= 0.3 is 0 Å². The average Bonchev–Trinajstić information content (AvgIpc) is 2.50. The summed E-state index contributed by atoms with van der Waals surface area (Å²) in [5.74, 6) is -0.441. The summed E-state index contributed by atoms with van der Waals surface area (Å²) in [5, 5.41) is 4.24. The topological polar surface area (TPSA) is 50.7 Å². The Morgan fingerprint density at radius 2 is 2.14 bits per heavy atom. The number of rotatable bonds is 4. The molecule has 1 N–H and O–H groups in total. The number of carbonyl (C=O) groups excluding carboxylic acids is 1. The maximum Gasteiger partial charge on any atom is 0.275 e. The summed E-state index contributed by atoms with van der Waals surface area (Å²) < 4.78 is 18.5. The zero-order chi connectivity index (χ0) is 16.1. The minimum Gasteiger partial charge on any atom is -0.496 e. The Bertz CT molecular complexity index is 737. The van der Waals surface area contributed by atoms with Crippen LogP contribution in [0.2, 0.25) is 5.02 Å². The first kappa shape index (κ1) is 16.5. The number of nitrogens with zero attached hydrogens (tertiary/aromatic N) is 1. The number of halogens is 3. The maximum absolute atomic E-state index is 13.1. The van der Waals surface area contributed by atoms with Gasteiger partial charge in [-0.15, -0.1) is 0 Å². The second-order valence-electron chi connectivity index (χ2n) is 4.22. The summed E-state index contributed by atoms with van der Waals surface area (Å²) >= 11 is 8.94. The van der Waals surface area contributed by atoms with Gasteiger partial charge in [0.1, 0.15) is 11.6 Å². The monoisotopic (exact) mass is 384 g/mol. The Morgan fingerprint density at radius 3 is 2.82 bits per heavy atom. The van der Waals surface area contributed by atoms with Crippen LogP contribution in [0.15, 0.2) is 46.0 Å². The van der Waals surface area contributed by atoms with Crippen molar-refractivity contribution < 1.29 is 13.9 Å². The molecule has 22 heavy (non-hydrogen) atoms. The second-order valence-corrected chi connectivity index (χ2v) is 5.51. The number of amides is 1. The normalized spacial score (nSPS) is 10.7. The summed E-state index contributed by atoms with van der Waals surface area (Å²) in [6, 6.07) is 9.09. The number of hydrazone groups is 1. The third kappa shape index (κ3) is 4.05. The molecular formula is C15H11BrClFN2O2. The van der Waals surface area contributed by atoms with Crippen molar-refractivity contribution >= 4 is 39.7 Å². The number of hydrogen-bond acceptors (Lipinski definition) is 3. The summed E-state index contributed by atoms with van der Waals surface area (Å²) in [6.45, 7) is 0. The van der Waals surface area contributed by atoms with Crippen LogP contribution >= 0.6 is 27.5 Å². The van der Waals surface area contributed by atoms with E-state index in [0.29, 0.717) is 20.8 Å². The molecule has 0 radical (unpaired) electrons. The molecule has 0 saturated carbocycles. The van der Waals surface area contributed by atoms with E-state index in [9.17, 15) is 9.18 Å². The minimum atomic E-state index is -0.461. The molecule has 0 saturated heterocycles. The number of hydrogen-bond donors (Lipinski definition) is 1.